The van der Waals surface area contributed by atoms with Gasteiger partial charge in [0.15, 0.2) is 17.9 Å². The molecule has 1 rings (SSSR count). The molecule has 0 aliphatic rings. The van der Waals surface area contributed by atoms with Gasteiger partial charge >= 0.3 is 0 Å². The first kappa shape index (κ1) is 12.5. The topological polar surface area (TPSA) is 35.5 Å². The van der Waals surface area contributed by atoms with Crippen LogP contribution in [0.3, 0.4) is 0 Å². The third-order valence-corrected chi connectivity index (χ3v) is 1.84. The molecule has 0 spiro atoms. The molecule has 0 heterocycles. The zero-order valence-corrected chi connectivity index (χ0v) is 9.62. The van der Waals surface area contributed by atoms with E-state index >= 15 is 0 Å². The van der Waals surface area contributed by atoms with Crippen LogP contribution in [0.1, 0.15) is 31.1 Å². The Hall–Kier alpha value is -1.58. The number of benzene rings is 1. The summed E-state index contributed by atoms with van der Waals surface area (Å²) in [6.07, 6.45) is 0.288. The van der Waals surface area contributed by atoms with Gasteiger partial charge in [0.2, 0.25) is 0 Å². The molecule has 0 amide bonds. The van der Waals surface area contributed by atoms with Crippen LogP contribution in [0.15, 0.2) is 12.1 Å². The summed E-state index contributed by atoms with van der Waals surface area (Å²) in [6, 6.07) is 2.81. The molecule has 0 saturated heterocycles. The van der Waals surface area contributed by atoms with Crippen LogP contribution in [-0.2, 0) is 0 Å². The molecule has 0 saturated carbocycles. The molecule has 1 aromatic carbocycles. The smallest absolute Gasteiger partial charge is 0.175 e. The Balaban J connectivity index is 3.13. The maximum atomic E-state index is 13.6. The van der Waals surface area contributed by atoms with Gasteiger partial charge in [0, 0.05) is 6.07 Å². The molecular weight excluding hydrogens is 211 g/mol. The summed E-state index contributed by atoms with van der Waals surface area (Å²) >= 11 is 0. The van der Waals surface area contributed by atoms with Crippen LogP contribution < -0.4 is 9.47 Å². The Morgan fingerprint density at radius 1 is 1.44 bits per heavy atom. The van der Waals surface area contributed by atoms with Crippen molar-refractivity contribution in [1.82, 2.24) is 0 Å². The Labute approximate surface area is 94.2 Å². The molecule has 0 bridgehead atoms. The second kappa shape index (κ2) is 5.49. The van der Waals surface area contributed by atoms with Gasteiger partial charge in [-0.25, -0.2) is 4.39 Å². The molecule has 0 atom stereocenters. The first-order chi connectivity index (χ1) is 7.58. The molecule has 1 aromatic rings. The molecule has 16 heavy (non-hydrogen) atoms. The summed E-state index contributed by atoms with van der Waals surface area (Å²) in [4.78, 5) is 10.7. The number of hydrogen-bond acceptors (Lipinski definition) is 3. The number of aldehydes is 1. The van der Waals surface area contributed by atoms with Gasteiger partial charge in [0.05, 0.1) is 18.3 Å². The number of rotatable bonds is 5. The third-order valence-electron chi connectivity index (χ3n) is 1.84. The van der Waals surface area contributed by atoms with Crippen LogP contribution in [0.5, 0.6) is 11.5 Å². The van der Waals surface area contributed by atoms with Gasteiger partial charge in [0.25, 0.3) is 0 Å². The van der Waals surface area contributed by atoms with Crippen molar-refractivity contribution in [2.75, 3.05) is 6.61 Å². The highest BCUT2D eigenvalue weighted by atomic mass is 19.1. The highest BCUT2D eigenvalue weighted by Crippen LogP contribution is 2.27. The van der Waals surface area contributed by atoms with Crippen molar-refractivity contribution in [2.45, 2.75) is 26.9 Å². The molecule has 0 aromatic heterocycles. The molecule has 4 heteroatoms. The lowest BCUT2D eigenvalue weighted by molar-refractivity contribution is 0.111. The number of halogens is 1. The fraction of sp³-hybridized carbons (Fsp3) is 0.417. The quantitative estimate of drug-likeness (QED) is 0.724. The maximum Gasteiger partial charge on any atom is 0.175 e. The molecule has 0 aliphatic heterocycles. The van der Waals surface area contributed by atoms with Gasteiger partial charge in [-0.05, 0) is 26.8 Å². The highest BCUT2D eigenvalue weighted by molar-refractivity contribution is 5.77. The molecule has 0 unspecified atom stereocenters. The number of ether oxygens (including phenoxy) is 2. The van der Waals surface area contributed by atoms with E-state index in [1.807, 2.05) is 6.92 Å². The van der Waals surface area contributed by atoms with E-state index in [1.165, 1.54) is 12.1 Å². The normalized spacial score (nSPS) is 10.3. The fourth-order valence-corrected chi connectivity index (χ4v) is 1.27. The van der Waals surface area contributed by atoms with Crippen LogP contribution in [0.2, 0.25) is 0 Å². The van der Waals surface area contributed by atoms with Crippen LogP contribution in [-0.4, -0.2) is 19.0 Å². The van der Waals surface area contributed by atoms with Gasteiger partial charge in [-0.15, -0.1) is 0 Å². The van der Waals surface area contributed by atoms with Crippen LogP contribution in [0.25, 0.3) is 0 Å². The van der Waals surface area contributed by atoms with Crippen molar-refractivity contribution in [3.8, 4) is 11.5 Å². The average Bonchev–Trinajstić information content (AvgIpc) is 2.22. The van der Waals surface area contributed by atoms with Crippen molar-refractivity contribution < 1.29 is 18.7 Å². The second-order valence-corrected chi connectivity index (χ2v) is 3.54. The molecule has 0 fully saturated rings. The van der Waals surface area contributed by atoms with E-state index < -0.39 is 5.82 Å². The lowest BCUT2D eigenvalue weighted by Crippen LogP contribution is -2.08. The van der Waals surface area contributed by atoms with E-state index in [0.29, 0.717) is 18.6 Å². The van der Waals surface area contributed by atoms with E-state index in [9.17, 15) is 9.18 Å². The SMILES string of the molecule is CCOc1cc(C=O)c(F)c(OC(C)C)c1. The van der Waals surface area contributed by atoms with Crippen molar-refractivity contribution in [1.29, 1.82) is 0 Å². The van der Waals surface area contributed by atoms with Gasteiger partial charge in [-0.1, -0.05) is 0 Å². The largest absolute Gasteiger partial charge is 0.494 e. The van der Waals surface area contributed by atoms with Crippen molar-refractivity contribution in [2.24, 2.45) is 0 Å². The van der Waals surface area contributed by atoms with E-state index in [4.69, 9.17) is 9.47 Å². The average molecular weight is 226 g/mol. The zero-order valence-electron chi connectivity index (χ0n) is 9.62. The minimum Gasteiger partial charge on any atom is -0.494 e. The second-order valence-electron chi connectivity index (χ2n) is 3.54. The molecule has 0 radical (unpaired) electrons. The highest BCUT2D eigenvalue weighted by Gasteiger charge is 2.13. The molecular formula is C12H15FO3. The van der Waals surface area contributed by atoms with E-state index in [2.05, 4.69) is 0 Å². The minimum atomic E-state index is -0.646. The lowest BCUT2D eigenvalue weighted by Gasteiger charge is -2.13. The van der Waals surface area contributed by atoms with E-state index in [1.54, 1.807) is 13.8 Å². The Bertz CT molecular complexity index is 375. The van der Waals surface area contributed by atoms with Gasteiger partial charge in [-0.2, -0.15) is 0 Å². The maximum absolute atomic E-state index is 13.6. The van der Waals surface area contributed by atoms with Crippen LogP contribution in [0, 0.1) is 5.82 Å². The Kier molecular flexibility index (Phi) is 4.28. The third kappa shape index (κ3) is 2.95. The number of hydrogen-bond donors (Lipinski definition) is 0. The first-order valence-corrected chi connectivity index (χ1v) is 5.16. The number of carbonyl (C=O) groups excluding carboxylic acids is 1. The van der Waals surface area contributed by atoms with Gasteiger partial charge in [-0.3, -0.25) is 4.79 Å². The standard InChI is InChI=1S/C12H15FO3/c1-4-15-10-5-9(7-14)12(13)11(6-10)16-8(2)3/h5-8H,4H2,1-3H3. The summed E-state index contributed by atoms with van der Waals surface area (Å²) in [5.41, 5.74) is -0.0541. The van der Waals surface area contributed by atoms with Crippen LogP contribution >= 0.6 is 0 Å². The predicted molar refractivity (Wildman–Crippen MR) is 58.7 cm³/mol. The van der Waals surface area contributed by atoms with Crippen LogP contribution in [0.4, 0.5) is 4.39 Å². The zero-order chi connectivity index (χ0) is 12.1. The molecule has 88 valence electrons. The van der Waals surface area contributed by atoms with Gasteiger partial charge in [0.1, 0.15) is 5.75 Å². The first-order valence-electron chi connectivity index (χ1n) is 5.16. The van der Waals surface area contributed by atoms with Gasteiger partial charge < -0.3 is 9.47 Å². The summed E-state index contributed by atoms with van der Waals surface area (Å²) in [7, 11) is 0. The van der Waals surface area contributed by atoms with Crippen molar-refractivity contribution in [3.05, 3.63) is 23.5 Å². The summed E-state index contributed by atoms with van der Waals surface area (Å²) < 4.78 is 24.1. The monoisotopic (exact) mass is 226 g/mol. The minimum absolute atomic E-state index is 0.0445. The predicted octanol–water partition coefficient (Wildman–Crippen LogP) is 2.82. The molecule has 3 nitrogen and oxygen atoms in total. The number of carbonyl (C=O) groups is 1. The summed E-state index contributed by atoms with van der Waals surface area (Å²) in [5, 5.41) is 0. The molecule has 0 aliphatic carbocycles. The fourth-order valence-electron chi connectivity index (χ4n) is 1.27. The Morgan fingerprint density at radius 2 is 2.12 bits per heavy atom. The molecule has 0 N–H and O–H groups in total. The van der Waals surface area contributed by atoms with E-state index in [0.717, 1.165) is 0 Å². The van der Waals surface area contributed by atoms with Crippen molar-refractivity contribution in [3.63, 3.8) is 0 Å². The van der Waals surface area contributed by atoms with E-state index in [-0.39, 0.29) is 17.4 Å². The van der Waals surface area contributed by atoms with Crippen molar-refractivity contribution >= 4 is 6.29 Å². The summed E-state index contributed by atoms with van der Waals surface area (Å²) in [5.74, 6) is -0.170. The summed E-state index contributed by atoms with van der Waals surface area (Å²) in [6.45, 7) is 5.83. The Morgan fingerprint density at radius 3 is 2.62 bits per heavy atom. The lowest BCUT2D eigenvalue weighted by atomic mass is 10.2.